The van der Waals surface area contributed by atoms with Crippen molar-refractivity contribution in [1.82, 2.24) is 5.43 Å². The fraction of sp³-hybridized carbons (Fsp3) is 0.125. The molecule has 0 bridgehead atoms. The van der Waals surface area contributed by atoms with Crippen LogP contribution in [0.4, 0.5) is 0 Å². The number of hydrogen-bond donors (Lipinski definition) is 1. The van der Waals surface area contributed by atoms with Crippen molar-refractivity contribution in [2.24, 2.45) is 5.10 Å². The van der Waals surface area contributed by atoms with Crippen molar-refractivity contribution in [3.63, 3.8) is 0 Å². The topological polar surface area (TPSA) is 50.7 Å². The molecule has 2 rings (SSSR count). The van der Waals surface area contributed by atoms with Gasteiger partial charge in [0.05, 0.1) is 5.71 Å². The van der Waals surface area contributed by atoms with Gasteiger partial charge in [-0.3, -0.25) is 4.79 Å². The number of rotatable bonds is 5. The van der Waals surface area contributed by atoms with Gasteiger partial charge in [-0.2, -0.15) is 5.10 Å². The number of carbonyl (C=O) groups excluding carboxylic acids is 1. The van der Waals surface area contributed by atoms with Gasteiger partial charge in [-0.05, 0) is 30.7 Å². The highest BCUT2D eigenvalue weighted by molar-refractivity contribution is 6.30. The van der Waals surface area contributed by atoms with Gasteiger partial charge in [-0.1, -0.05) is 48.0 Å². The molecule has 0 aliphatic carbocycles. The molecule has 2 aromatic rings. The molecule has 0 aliphatic heterocycles. The summed E-state index contributed by atoms with van der Waals surface area (Å²) in [6.45, 7) is 1.71. The van der Waals surface area contributed by atoms with E-state index in [1.165, 1.54) is 0 Å². The SMILES string of the molecule is C/C(=N/NC(=O)COc1cccc(Cl)c1)c1ccccc1. The van der Waals surface area contributed by atoms with Crippen LogP contribution in [0, 0.1) is 0 Å². The second-order valence-electron chi connectivity index (χ2n) is 4.34. The lowest BCUT2D eigenvalue weighted by molar-refractivity contribution is -0.123. The number of amides is 1. The van der Waals surface area contributed by atoms with E-state index in [2.05, 4.69) is 10.5 Å². The van der Waals surface area contributed by atoms with E-state index in [0.717, 1.165) is 11.3 Å². The molecule has 1 amide bonds. The average Bonchev–Trinajstić information content (AvgIpc) is 2.51. The quantitative estimate of drug-likeness (QED) is 0.681. The summed E-state index contributed by atoms with van der Waals surface area (Å²) >= 11 is 5.83. The molecule has 0 radical (unpaired) electrons. The van der Waals surface area contributed by atoms with Crippen molar-refractivity contribution < 1.29 is 9.53 Å². The van der Waals surface area contributed by atoms with Gasteiger partial charge in [0.15, 0.2) is 6.61 Å². The van der Waals surface area contributed by atoms with E-state index in [9.17, 15) is 4.79 Å². The Labute approximate surface area is 128 Å². The van der Waals surface area contributed by atoms with Gasteiger partial charge in [-0.15, -0.1) is 0 Å². The third-order valence-corrected chi connectivity index (χ3v) is 2.94. The van der Waals surface area contributed by atoms with E-state index < -0.39 is 0 Å². The van der Waals surface area contributed by atoms with E-state index in [1.807, 2.05) is 37.3 Å². The van der Waals surface area contributed by atoms with Crippen molar-refractivity contribution in [3.05, 3.63) is 65.2 Å². The van der Waals surface area contributed by atoms with Gasteiger partial charge < -0.3 is 4.74 Å². The monoisotopic (exact) mass is 302 g/mol. The number of hydrogen-bond acceptors (Lipinski definition) is 3. The maximum Gasteiger partial charge on any atom is 0.277 e. The number of ether oxygens (including phenoxy) is 1. The van der Waals surface area contributed by atoms with Gasteiger partial charge in [0.25, 0.3) is 5.91 Å². The third-order valence-electron chi connectivity index (χ3n) is 2.71. The van der Waals surface area contributed by atoms with Crippen LogP contribution in [0.5, 0.6) is 5.75 Å². The molecule has 0 saturated carbocycles. The Morgan fingerprint density at radius 3 is 2.67 bits per heavy atom. The summed E-state index contributed by atoms with van der Waals surface area (Å²) in [5, 5.41) is 4.60. The maximum atomic E-state index is 11.7. The van der Waals surface area contributed by atoms with Gasteiger partial charge in [0, 0.05) is 5.02 Å². The van der Waals surface area contributed by atoms with E-state index in [4.69, 9.17) is 16.3 Å². The Bertz CT molecular complexity index is 642. The van der Waals surface area contributed by atoms with Crippen LogP contribution in [0.15, 0.2) is 59.7 Å². The molecule has 0 unspecified atom stereocenters. The highest BCUT2D eigenvalue weighted by Crippen LogP contribution is 2.16. The zero-order valence-corrected chi connectivity index (χ0v) is 12.3. The molecule has 21 heavy (non-hydrogen) atoms. The van der Waals surface area contributed by atoms with E-state index in [1.54, 1.807) is 24.3 Å². The first kappa shape index (κ1) is 15.1. The molecule has 4 nitrogen and oxygen atoms in total. The first-order valence-corrected chi connectivity index (χ1v) is 6.80. The molecule has 0 aliphatic rings. The predicted octanol–water partition coefficient (Wildman–Crippen LogP) is 3.26. The van der Waals surface area contributed by atoms with Crippen molar-refractivity contribution >= 4 is 23.2 Å². The molecule has 0 spiro atoms. The summed E-state index contributed by atoms with van der Waals surface area (Å²) in [5.41, 5.74) is 4.14. The summed E-state index contributed by atoms with van der Waals surface area (Å²) in [4.78, 5) is 11.7. The van der Waals surface area contributed by atoms with Crippen LogP contribution in [-0.4, -0.2) is 18.2 Å². The van der Waals surface area contributed by atoms with E-state index >= 15 is 0 Å². The third kappa shape index (κ3) is 4.93. The van der Waals surface area contributed by atoms with Gasteiger partial charge in [0.2, 0.25) is 0 Å². The zero-order chi connectivity index (χ0) is 15.1. The lowest BCUT2D eigenvalue weighted by atomic mass is 10.1. The fourth-order valence-corrected chi connectivity index (χ4v) is 1.81. The normalized spacial score (nSPS) is 11.0. The predicted molar refractivity (Wildman–Crippen MR) is 83.7 cm³/mol. The van der Waals surface area contributed by atoms with Gasteiger partial charge in [0.1, 0.15) is 5.75 Å². The Hall–Kier alpha value is -2.33. The van der Waals surface area contributed by atoms with Crippen LogP contribution in [-0.2, 0) is 4.79 Å². The van der Waals surface area contributed by atoms with Crippen LogP contribution in [0.1, 0.15) is 12.5 Å². The van der Waals surface area contributed by atoms with Gasteiger partial charge in [-0.25, -0.2) is 5.43 Å². The first-order chi connectivity index (χ1) is 10.1. The number of benzene rings is 2. The molecule has 108 valence electrons. The highest BCUT2D eigenvalue weighted by Gasteiger charge is 2.03. The van der Waals surface area contributed by atoms with Crippen molar-refractivity contribution in [1.29, 1.82) is 0 Å². The summed E-state index contributed by atoms with van der Waals surface area (Å²) in [6.07, 6.45) is 0. The minimum absolute atomic E-state index is 0.119. The molecule has 0 aromatic heterocycles. The molecular formula is C16H15ClN2O2. The van der Waals surface area contributed by atoms with Crippen LogP contribution < -0.4 is 10.2 Å². The Morgan fingerprint density at radius 2 is 1.95 bits per heavy atom. The minimum Gasteiger partial charge on any atom is -0.484 e. The summed E-state index contributed by atoms with van der Waals surface area (Å²) in [6, 6.07) is 16.5. The van der Waals surface area contributed by atoms with Crippen LogP contribution in [0.25, 0.3) is 0 Å². The smallest absolute Gasteiger partial charge is 0.277 e. The molecule has 5 heteroatoms. The largest absolute Gasteiger partial charge is 0.484 e. The molecule has 0 fully saturated rings. The molecule has 0 heterocycles. The van der Waals surface area contributed by atoms with Gasteiger partial charge >= 0.3 is 0 Å². The number of halogens is 1. The highest BCUT2D eigenvalue weighted by atomic mass is 35.5. The van der Waals surface area contributed by atoms with E-state index in [0.29, 0.717) is 10.8 Å². The van der Waals surface area contributed by atoms with Crippen molar-refractivity contribution in [3.8, 4) is 5.75 Å². The minimum atomic E-state index is -0.328. The number of nitrogens with zero attached hydrogens (tertiary/aromatic N) is 1. The second-order valence-corrected chi connectivity index (χ2v) is 4.78. The first-order valence-electron chi connectivity index (χ1n) is 6.42. The second kappa shape index (κ2) is 7.45. The Morgan fingerprint density at radius 1 is 1.19 bits per heavy atom. The summed E-state index contributed by atoms with van der Waals surface area (Å²) in [7, 11) is 0. The lowest BCUT2D eigenvalue weighted by Crippen LogP contribution is -2.25. The Balaban J connectivity index is 1.85. The van der Waals surface area contributed by atoms with Crippen LogP contribution >= 0.6 is 11.6 Å². The summed E-state index contributed by atoms with van der Waals surface area (Å²) in [5.74, 6) is 0.215. The molecule has 0 saturated heterocycles. The maximum absolute atomic E-state index is 11.7. The molecular weight excluding hydrogens is 288 g/mol. The summed E-state index contributed by atoms with van der Waals surface area (Å²) < 4.78 is 5.32. The lowest BCUT2D eigenvalue weighted by Gasteiger charge is -2.06. The van der Waals surface area contributed by atoms with Crippen molar-refractivity contribution in [2.45, 2.75) is 6.92 Å². The Kier molecular flexibility index (Phi) is 5.35. The van der Waals surface area contributed by atoms with Crippen LogP contribution in [0.2, 0.25) is 5.02 Å². The average molecular weight is 303 g/mol. The number of hydrazone groups is 1. The fourth-order valence-electron chi connectivity index (χ4n) is 1.63. The number of carbonyl (C=O) groups is 1. The van der Waals surface area contributed by atoms with E-state index in [-0.39, 0.29) is 12.5 Å². The number of nitrogens with one attached hydrogen (secondary N) is 1. The molecule has 1 N–H and O–H groups in total. The molecule has 0 atom stereocenters. The standard InChI is InChI=1S/C16H15ClN2O2/c1-12(13-6-3-2-4-7-13)18-19-16(20)11-21-15-9-5-8-14(17)10-15/h2-10H,11H2,1H3,(H,19,20)/b18-12-. The zero-order valence-electron chi connectivity index (χ0n) is 11.5. The van der Waals surface area contributed by atoms with Crippen molar-refractivity contribution in [2.75, 3.05) is 6.61 Å². The molecule has 2 aromatic carbocycles. The van der Waals surface area contributed by atoms with Crippen LogP contribution in [0.3, 0.4) is 0 Å².